The third kappa shape index (κ3) is 1.70. The molecule has 1 aliphatic rings. The van der Waals surface area contributed by atoms with Crippen LogP contribution in [0.5, 0.6) is 0 Å². The summed E-state index contributed by atoms with van der Waals surface area (Å²) in [5.74, 6) is 0.572. The second-order valence-electron chi connectivity index (χ2n) is 3.96. The van der Waals surface area contributed by atoms with Crippen molar-refractivity contribution in [3.63, 3.8) is 0 Å². The van der Waals surface area contributed by atoms with Crippen LogP contribution in [0, 0.1) is 19.8 Å². The number of nitrogens with one attached hydrogen (secondary N) is 1. The van der Waals surface area contributed by atoms with Gasteiger partial charge in [-0.25, -0.2) is 4.68 Å². The highest BCUT2D eigenvalue weighted by atomic mass is 16.1. The van der Waals surface area contributed by atoms with Crippen LogP contribution in [0.15, 0.2) is 10.9 Å². The molecule has 0 atom stereocenters. The summed E-state index contributed by atoms with van der Waals surface area (Å²) in [6.45, 7) is 6.60. The summed E-state index contributed by atoms with van der Waals surface area (Å²) in [5.41, 5.74) is 1.93. The van der Waals surface area contributed by atoms with E-state index in [0.717, 1.165) is 30.9 Å². The molecule has 0 aromatic carbocycles. The molecular formula is C10H15N3O. The lowest BCUT2D eigenvalue weighted by Crippen LogP contribution is -2.46. The Morgan fingerprint density at radius 2 is 2.29 bits per heavy atom. The third-order valence-corrected chi connectivity index (χ3v) is 2.73. The highest BCUT2D eigenvalue weighted by molar-refractivity contribution is 5.13. The standard InChI is InChI=1S/C10H15N3O/c1-7-3-10(14)13(12-8(7)2)6-9-4-11-5-9/h3,9,11H,4-6H2,1-2H3. The van der Waals surface area contributed by atoms with Crippen LogP contribution in [0.1, 0.15) is 11.3 Å². The number of hydrogen-bond donors (Lipinski definition) is 1. The average Bonchev–Trinajstić information content (AvgIpc) is 2.06. The van der Waals surface area contributed by atoms with Crippen molar-refractivity contribution in [2.45, 2.75) is 20.4 Å². The largest absolute Gasteiger partial charge is 0.316 e. The Hall–Kier alpha value is -1.16. The first-order chi connectivity index (χ1) is 6.66. The first kappa shape index (κ1) is 9.40. The minimum Gasteiger partial charge on any atom is -0.316 e. The van der Waals surface area contributed by atoms with Crippen molar-refractivity contribution in [1.82, 2.24) is 15.1 Å². The monoisotopic (exact) mass is 193 g/mol. The van der Waals surface area contributed by atoms with E-state index in [1.165, 1.54) is 0 Å². The lowest BCUT2D eigenvalue weighted by Gasteiger charge is -2.27. The Labute approximate surface area is 82.9 Å². The van der Waals surface area contributed by atoms with Crippen LogP contribution in [-0.2, 0) is 6.54 Å². The molecule has 0 saturated carbocycles. The zero-order valence-electron chi connectivity index (χ0n) is 8.58. The molecule has 0 aliphatic carbocycles. The average molecular weight is 193 g/mol. The van der Waals surface area contributed by atoms with E-state index in [4.69, 9.17) is 0 Å². The van der Waals surface area contributed by atoms with Crippen molar-refractivity contribution in [2.75, 3.05) is 13.1 Å². The molecule has 1 saturated heterocycles. The number of rotatable bonds is 2. The van der Waals surface area contributed by atoms with Gasteiger partial charge >= 0.3 is 0 Å². The van der Waals surface area contributed by atoms with Crippen LogP contribution in [0.2, 0.25) is 0 Å². The van der Waals surface area contributed by atoms with Crippen LogP contribution in [0.4, 0.5) is 0 Å². The van der Waals surface area contributed by atoms with Crippen molar-refractivity contribution in [3.8, 4) is 0 Å². The quantitative estimate of drug-likeness (QED) is 0.723. The van der Waals surface area contributed by atoms with Gasteiger partial charge < -0.3 is 5.32 Å². The van der Waals surface area contributed by atoms with Crippen molar-refractivity contribution >= 4 is 0 Å². The maximum Gasteiger partial charge on any atom is 0.267 e. The summed E-state index contributed by atoms with van der Waals surface area (Å²) in [4.78, 5) is 11.5. The van der Waals surface area contributed by atoms with E-state index in [9.17, 15) is 4.79 Å². The fourth-order valence-corrected chi connectivity index (χ4v) is 1.53. The molecule has 0 amide bonds. The zero-order valence-corrected chi connectivity index (χ0v) is 8.58. The van der Waals surface area contributed by atoms with E-state index < -0.39 is 0 Å². The van der Waals surface area contributed by atoms with E-state index >= 15 is 0 Å². The number of hydrogen-bond acceptors (Lipinski definition) is 3. The molecule has 0 bridgehead atoms. The Balaban J connectivity index is 2.24. The molecule has 2 rings (SSSR count). The van der Waals surface area contributed by atoms with Gasteiger partial charge in [-0.1, -0.05) is 0 Å². The molecule has 1 N–H and O–H groups in total. The fraction of sp³-hybridized carbons (Fsp3) is 0.600. The minimum atomic E-state index is 0.0139. The third-order valence-electron chi connectivity index (χ3n) is 2.73. The number of aryl methyl sites for hydroxylation is 2. The summed E-state index contributed by atoms with van der Waals surface area (Å²) in [6, 6.07) is 1.66. The maximum atomic E-state index is 11.5. The normalized spacial score (nSPS) is 16.7. The maximum absolute atomic E-state index is 11.5. The first-order valence-corrected chi connectivity index (χ1v) is 4.93. The van der Waals surface area contributed by atoms with Crippen molar-refractivity contribution in [3.05, 3.63) is 27.7 Å². The SMILES string of the molecule is Cc1cc(=O)n(CC2CNC2)nc1C. The van der Waals surface area contributed by atoms with Gasteiger partial charge in [0.2, 0.25) is 0 Å². The lowest BCUT2D eigenvalue weighted by molar-refractivity contribution is 0.289. The Morgan fingerprint density at radius 3 is 2.86 bits per heavy atom. The molecule has 1 aliphatic heterocycles. The van der Waals surface area contributed by atoms with Crippen molar-refractivity contribution in [1.29, 1.82) is 0 Å². The van der Waals surface area contributed by atoms with Gasteiger partial charge in [0, 0.05) is 25.1 Å². The van der Waals surface area contributed by atoms with Crippen LogP contribution in [0.3, 0.4) is 0 Å². The van der Waals surface area contributed by atoms with Gasteiger partial charge in [0.1, 0.15) is 0 Å². The van der Waals surface area contributed by atoms with Crippen LogP contribution in [-0.4, -0.2) is 22.9 Å². The smallest absolute Gasteiger partial charge is 0.267 e. The Morgan fingerprint density at radius 1 is 1.57 bits per heavy atom. The summed E-state index contributed by atoms with van der Waals surface area (Å²) in [7, 11) is 0. The van der Waals surface area contributed by atoms with Gasteiger partial charge in [-0.15, -0.1) is 0 Å². The Kier molecular flexibility index (Phi) is 2.37. The predicted molar refractivity (Wildman–Crippen MR) is 54.3 cm³/mol. The molecule has 4 nitrogen and oxygen atoms in total. The van der Waals surface area contributed by atoms with Gasteiger partial charge in [0.05, 0.1) is 12.2 Å². The molecule has 1 fully saturated rings. The van der Waals surface area contributed by atoms with Crippen LogP contribution < -0.4 is 10.9 Å². The number of nitrogens with zero attached hydrogens (tertiary/aromatic N) is 2. The molecule has 4 heteroatoms. The van der Waals surface area contributed by atoms with E-state index in [1.54, 1.807) is 10.7 Å². The highest BCUT2D eigenvalue weighted by Crippen LogP contribution is 2.05. The molecule has 1 aromatic rings. The summed E-state index contributed by atoms with van der Waals surface area (Å²) >= 11 is 0. The minimum absolute atomic E-state index is 0.0139. The summed E-state index contributed by atoms with van der Waals surface area (Å²) in [6.07, 6.45) is 0. The van der Waals surface area contributed by atoms with E-state index in [2.05, 4.69) is 10.4 Å². The summed E-state index contributed by atoms with van der Waals surface area (Å²) in [5, 5.41) is 7.45. The van der Waals surface area contributed by atoms with Crippen molar-refractivity contribution < 1.29 is 0 Å². The highest BCUT2D eigenvalue weighted by Gasteiger charge is 2.18. The van der Waals surface area contributed by atoms with Crippen LogP contribution >= 0.6 is 0 Å². The number of aromatic nitrogens is 2. The molecule has 0 radical (unpaired) electrons. The topological polar surface area (TPSA) is 46.9 Å². The second-order valence-corrected chi connectivity index (χ2v) is 3.96. The van der Waals surface area contributed by atoms with E-state index in [1.807, 2.05) is 13.8 Å². The van der Waals surface area contributed by atoms with Gasteiger partial charge in [0.25, 0.3) is 5.56 Å². The zero-order chi connectivity index (χ0) is 10.1. The second kappa shape index (κ2) is 3.53. The predicted octanol–water partition coefficient (Wildman–Crippen LogP) is 0.0795. The molecule has 76 valence electrons. The summed E-state index contributed by atoms with van der Waals surface area (Å²) < 4.78 is 1.58. The van der Waals surface area contributed by atoms with E-state index in [-0.39, 0.29) is 5.56 Å². The lowest BCUT2D eigenvalue weighted by atomic mass is 10.0. The molecule has 1 aromatic heterocycles. The van der Waals surface area contributed by atoms with Gasteiger partial charge in [-0.05, 0) is 19.4 Å². The van der Waals surface area contributed by atoms with Crippen LogP contribution in [0.25, 0.3) is 0 Å². The molecule has 14 heavy (non-hydrogen) atoms. The van der Waals surface area contributed by atoms with Crippen molar-refractivity contribution in [2.24, 2.45) is 5.92 Å². The van der Waals surface area contributed by atoms with Gasteiger partial charge in [-0.3, -0.25) is 4.79 Å². The molecule has 0 spiro atoms. The van der Waals surface area contributed by atoms with E-state index in [0.29, 0.717) is 5.92 Å². The first-order valence-electron chi connectivity index (χ1n) is 4.93. The molecule has 2 heterocycles. The van der Waals surface area contributed by atoms with Gasteiger partial charge in [0.15, 0.2) is 0 Å². The van der Waals surface area contributed by atoms with Gasteiger partial charge in [-0.2, -0.15) is 5.10 Å². The Bertz CT molecular complexity index is 393. The molecular weight excluding hydrogens is 178 g/mol. The fourth-order valence-electron chi connectivity index (χ4n) is 1.53. The molecule has 0 unspecified atom stereocenters.